The minimum absolute atomic E-state index is 0.234. The van der Waals surface area contributed by atoms with Gasteiger partial charge in [-0.1, -0.05) is 12.8 Å². The molecule has 1 aliphatic rings. The third-order valence-corrected chi connectivity index (χ3v) is 5.35. The van der Waals surface area contributed by atoms with Crippen LogP contribution in [0.1, 0.15) is 54.7 Å². The second-order valence-corrected chi connectivity index (χ2v) is 6.86. The van der Waals surface area contributed by atoms with Gasteiger partial charge in [0, 0.05) is 29.2 Å². The molecule has 1 N–H and O–H groups in total. The monoisotopic (exact) mass is 358 g/mol. The molecule has 6 nitrogen and oxygen atoms in total. The van der Waals surface area contributed by atoms with Gasteiger partial charge in [0.25, 0.3) is 5.91 Å². The lowest BCUT2D eigenvalue weighted by molar-refractivity contribution is -0.137. The van der Waals surface area contributed by atoms with Crippen LogP contribution in [-0.4, -0.2) is 46.6 Å². The number of hydrogen-bond donors (Lipinski definition) is 1. The maximum Gasteiger partial charge on any atom is 0.323 e. The van der Waals surface area contributed by atoms with Crippen molar-refractivity contribution in [2.45, 2.75) is 45.6 Å². The maximum atomic E-state index is 13.2. The molecule has 0 atom stereocenters. The fourth-order valence-electron chi connectivity index (χ4n) is 4.10. The second kappa shape index (κ2) is 7.40. The van der Waals surface area contributed by atoms with E-state index in [4.69, 9.17) is 9.84 Å². The zero-order chi connectivity index (χ0) is 18.8. The average Bonchev–Trinajstić information content (AvgIpc) is 3.23. The summed E-state index contributed by atoms with van der Waals surface area (Å²) < 4.78 is 7.62. The molecule has 0 aliphatic heterocycles. The van der Waals surface area contributed by atoms with Crippen LogP contribution in [0.25, 0.3) is 10.9 Å². The van der Waals surface area contributed by atoms with E-state index in [0.717, 1.165) is 29.4 Å². The van der Waals surface area contributed by atoms with Crippen LogP contribution in [0, 0.1) is 6.92 Å². The minimum Gasteiger partial charge on any atom is -0.497 e. The summed E-state index contributed by atoms with van der Waals surface area (Å²) >= 11 is 0. The van der Waals surface area contributed by atoms with Gasteiger partial charge < -0.3 is 19.3 Å². The third kappa shape index (κ3) is 3.16. The van der Waals surface area contributed by atoms with Crippen LogP contribution in [0.3, 0.4) is 0 Å². The Hall–Kier alpha value is -2.50. The topological polar surface area (TPSA) is 71.8 Å². The van der Waals surface area contributed by atoms with E-state index in [-0.39, 0.29) is 12.5 Å². The highest BCUT2D eigenvalue weighted by molar-refractivity contribution is 6.09. The number of aliphatic carboxylic acids is 1. The molecule has 0 saturated heterocycles. The first-order valence-electron chi connectivity index (χ1n) is 9.17. The van der Waals surface area contributed by atoms with Gasteiger partial charge in [-0.15, -0.1) is 0 Å². The highest BCUT2D eigenvalue weighted by atomic mass is 16.5. The van der Waals surface area contributed by atoms with Crippen LogP contribution in [0.5, 0.6) is 5.75 Å². The number of amides is 1. The molecule has 1 aromatic heterocycles. The molecule has 1 fully saturated rings. The average molecular weight is 358 g/mol. The van der Waals surface area contributed by atoms with E-state index >= 15 is 0 Å². The normalized spacial score (nSPS) is 14.7. The number of hydrogen-bond acceptors (Lipinski definition) is 3. The van der Waals surface area contributed by atoms with Gasteiger partial charge in [-0.2, -0.15) is 0 Å². The Kier molecular flexibility index (Phi) is 5.20. The van der Waals surface area contributed by atoms with Crippen molar-refractivity contribution in [3.05, 3.63) is 29.5 Å². The number of ether oxygens (including phenoxy) is 1. The number of fused-ring (bicyclic) bond motifs is 1. The fraction of sp³-hybridized carbons (Fsp3) is 0.500. The van der Waals surface area contributed by atoms with Crippen molar-refractivity contribution in [2.24, 2.45) is 0 Å². The Morgan fingerprint density at radius 3 is 2.58 bits per heavy atom. The van der Waals surface area contributed by atoms with Crippen LogP contribution in [0.4, 0.5) is 0 Å². The molecule has 2 aromatic rings. The lowest BCUT2D eigenvalue weighted by Crippen LogP contribution is -2.35. The van der Waals surface area contributed by atoms with Crippen molar-refractivity contribution < 1.29 is 19.4 Å². The third-order valence-electron chi connectivity index (χ3n) is 5.35. The molecule has 1 aliphatic carbocycles. The molecule has 140 valence electrons. The summed E-state index contributed by atoms with van der Waals surface area (Å²) in [4.78, 5) is 25.7. The van der Waals surface area contributed by atoms with Crippen LogP contribution in [0.15, 0.2) is 18.2 Å². The molecule has 1 heterocycles. The molecular weight excluding hydrogens is 332 g/mol. The number of carboxylic acids is 1. The minimum atomic E-state index is -1.00. The van der Waals surface area contributed by atoms with Crippen molar-refractivity contribution in [3.8, 4) is 5.75 Å². The highest BCUT2D eigenvalue weighted by Crippen LogP contribution is 2.38. The quantitative estimate of drug-likeness (QED) is 0.856. The molecule has 6 heteroatoms. The van der Waals surface area contributed by atoms with Crippen molar-refractivity contribution in [3.63, 3.8) is 0 Å². The smallest absolute Gasteiger partial charge is 0.323 e. The van der Waals surface area contributed by atoms with Gasteiger partial charge in [0.05, 0.1) is 12.7 Å². The molecule has 1 aromatic carbocycles. The predicted octanol–water partition coefficient (Wildman–Crippen LogP) is 3.62. The Balaban J connectivity index is 2.17. The lowest BCUT2D eigenvalue weighted by atomic mass is 10.1. The number of carbonyl (C=O) groups is 2. The number of methoxy groups -OCH3 is 1. The molecule has 0 unspecified atom stereocenters. The van der Waals surface area contributed by atoms with Gasteiger partial charge in [0.1, 0.15) is 12.3 Å². The first-order valence-corrected chi connectivity index (χ1v) is 9.17. The van der Waals surface area contributed by atoms with E-state index < -0.39 is 5.97 Å². The Morgan fingerprint density at radius 2 is 2.00 bits per heavy atom. The summed E-state index contributed by atoms with van der Waals surface area (Å²) in [6.07, 6.45) is 4.61. The van der Waals surface area contributed by atoms with Gasteiger partial charge in [0.2, 0.25) is 0 Å². The van der Waals surface area contributed by atoms with E-state index in [1.165, 1.54) is 17.7 Å². The summed E-state index contributed by atoms with van der Waals surface area (Å²) in [7, 11) is 1.60. The second-order valence-electron chi connectivity index (χ2n) is 6.86. The zero-order valence-corrected chi connectivity index (χ0v) is 15.6. The number of aromatic nitrogens is 1. The van der Waals surface area contributed by atoms with Gasteiger partial charge in [-0.3, -0.25) is 9.59 Å². The van der Waals surface area contributed by atoms with E-state index in [0.29, 0.717) is 23.9 Å². The molecule has 0 radical (unpaired) electrons. The van der Waals surface area contributed by atoms with Crippen molar-refractivity contribution in [2.75, 3.05) is 20.2 Å². The van der Waals surface area contributed by atoms with Crippen LogP contribution in [0.2, 0.25) is 0 Å². The molecule has 1 saturated carbocycles. The molecule has 26 heavy (non-hydrogen) atoms. The number of benzene rings is 1. The summed E-state index contributed by atoms with van der Waals surface area (Å²) in [6, 6.07) is 6.19. The number of rotatable bonds is 6. The van der Waals surface area contributed by atoms with E-state index in [9.17, 15) is 9.59 Å². The van der Waals surface area contributed by atoms with Gasteiger partial charge in [-0.25, -0.2) is 0 Å². The Morgan fingerprint density at radius 1 is 1.31 bits per heavy atom. The van der Waals surface area contributed by atoms with Crippen LogP contribution >= 0.6 is 0 Å². The molecule has 1 amide bonds. The lowest BCUT2D eigenvalue weighted by Gasteiger charge is -2.20. The summed E-state index contributed by atoms with van der Waals surface area (Å²) in [5.74, 6) is -0.547. The first-order chi connectivity index (χ1) is 12.5. The standard InChI is InChI=1S/C20H26N2O4/c1-4-21(12-18(23)24)20(25)19-13(2)22(14-7-5-6-8-14)17-10-9-15(26-3)11-16(17)19/h9-11,14H,4-8,12H2,1-3H3,(H,23,24). The number of carboxylic acid groups (broad SMARTS) is 1. The number of likely N-dealkylation sites (N-methyl/N-ethyl adjacent to an activating group) is 1. The van der Waals surface area contributed by atoms with E-state index in [1.807, 2.05) is 25.1 Å². The summed E-state index contributed by atoms with van der Waals surface area (Å²) in [5.41, 5.74) is 2.52. The van der Waals surface area contributed by atoms with E-state index in [1.54, 1.807) is 14.0 Å². The molecule has 3 rings (SSSR count). The molecular formula is C20H26N2O4. The van der Waals surface area contributed by atoms with Crippen LogP contribution in [-0.2, 0) is 4.79 Å². The van der Waals surface area contributed by atoms with Gasteiger partial charge >= 0.3 is 5.97 Å². The van der Waals surface area contributed by atoms with Crippen molar-refractivity contribution >= 4 is 22.8 Å². The van der Waals surface area contributed by atoms with E-state index in [2.05, 4.69) is 4.57 Å². The summed E-state index contributed by atoms with van der Waals surface area (Å²) in [5, 5.41) is 9.97. The zero-order valence-electron chi connectivity index (χ0n) is 15.6. The summed E-state index contributed by atoms with van der Waals surface area (Å²) in [6.45, 7) is 3.82. The number of carbonyl (C=O) groups excluding carboxylic acids is 1. The Bertz CT molecular complexity index is 834. The highest BCUT2D eigenvalue weighted by Gasteiger charge is 2.28. The fourth-order valence-corrected chi connectivity index (χ4v) is 4.10. The number of nitrogens with zero attached hydrogens (tertiary/aromatic N) is 2. The van der Waals surface area contributed by atoms with Crippen molar-refractivity contribution in [1.29, 1.82) is 0 Å². The van der Waals surface area contributed by atoms with Crippen LogP contribution < -0.4 is 4.74 Å². The SMILES string of the molecule is CCN(CC(=O)O)C(=O)c1c(C)n(C2CCCC2)c2ccc(OC)cc12. The van der Waals surface area contributed by atoms with Crippen molar-refractivity contribution in [1.82, 2.24) is 9.47 Å². The van der Waals surface area contributed by atoms with Gasteiger partial charge in [0.15, 0.2) is 0 Å². The molecule has 0 bridgehead atoms. The largest absolute Gasteiger partial charge is 0.497 e. The predicted molar refractivity (Wildman–Crippen MR) is 99.9 cm³/mol. The first kappa shape index (κ1) is 18.3. The van der Waals surface area contributed by atoms with Gasteiger partial charge in [-0.05, 0) is 44.9 Å². The maximum absolute atomic E-state index is 13.2. The molecule has 0 spiro atoms. The Labute approximate surface area is 153 Å².